The van der Waals surface area contributed by atoms with Crippen molar-refractivity contribution >= 4 is 75.6 Å². The van der Waals surface area contributed by atoms with Crippen LogP contribution < -0.4 is 10.1 Å². The quantitative estimate of drug-likeness (QED) is 0.266. The van der Waals surface area contributed by atoms with Crippen molar-refractivity contribution in [1.29, 1.82) is 0 Å². The van der Waals surface area contributed by atoms with Crippen LogP contribution in [0.4, 0.5) is 5.13 Å². The molecule has 0 atom stereocenters. The maximum absolute atomic E-state index is 12.6. The van der Waals surface area contributed by atoms with E-state index >= 15 is 0 Å². The molecule has 0 aliphatic heterocycles. The van der Waals surface area contributed by atoms with Crippen LogP contribution in [0.3, 0.4) is 0 Å². The molecule has 0 unspecified atom stereocenters. The molecule has 0 saturated heterocycles. The number of nitrogens with zero attached hydrogens (tertiary/aromatic N) is 3. The number of hydrogen-bond donors (Lipinski definition) is 1. The molecule has 0 saturated carbocycles. The highest BCUT2D eigenvalue weighted by atomic mass is 79.9. The van der Waals surface area contributed by atoms with E-state index in [0.29, 0.717) is 30.3 Å². The fraction of sp³-hybridized carbons (Fsp3) is 0.250. The van der Waals surface area contributed by atoms with Crippen LogP contribution in [-0.2, 0) is 30.7 Å². The summed E-state index contributed by atoms with van der Waals surface area (Å²) in [6, 6.07) is 15.1. The van der Waals surface area contributed by atoms with Crippen molar-refractivity contribution in [3.8, 4) is 11.3 Å². The number of rotatable bonds is 10. The van der Waals surface area contributed by atoms with E-state index in [0.717, 1.165) is 20.3 Å². The van der Waals surface area contributed by atoms with E-state index in [9.17, 15) is 18.0 Å². The summed E-state index contributed by atoms with van der Waals surface area (Å²) in [5, 5.41) is 4.55. The lowest BCUT2D eigenvalue weighted by Gasteiger charge is -2.05. The first-order valence-electron chi connectivity index (χ1n) is 11.2. The molecule has 2 amide bonds. The van der Waals surface area contributed by atoms with E-state index in [4.69, 9.17) is 4.74 Å². The fourth-order valence-corrected chi connectivity index (χ4v) is 6.83. The number of amides is 2. The number of aromatic nitrogens is 2. The van der Waals surface area contributed by atoms with Crippen molar-refractivity contribution in [3.63, 3.8) is 0 Å². The predicted octanol–water partition coefficient (Wildman–Crippen LogP) is 4.11. The van der Waals surface area contributed by atoms with E-state index in [2.05, 4.69) is 31.2 Å². The van der Waals surface area contributed by atoms with Crippen LogP contribution in [0.5, 0.6) is 0 Å². The molecule has 2 aromatic heterocycles. The Hall–Kier alpha value is -2.71. The number of fused-ring (bicyclic) bond motifs is 1. The molecule has 0 radical (unpaired) electrons. The Bertz CT molecular complexity index is 1590. The highest BCUT2D eigenvalue weighted by molar-refractivity contribution is 9.10. The van der Waals surface area contributed by atoms with Gasteiger partial charge < -0.3 is 14.6 Å². The van der Waals surface area contributed by atoms with E-state index in [1.807, 2.05) is 60.0 Å². The first-order valence-corrected chi connectivity index (χ1v) is 15.5. The Morgan fingerprint density at radius 3 is 2.70 bits per heavy atom. The molecule has 2 aromatic carbocycles. The average molecular weight is 624 g/mol. The maximum Gasteiger partial charge on any atom is 0.263 e. The smallest absolute Gasteiger partial charge is 0.263 e. The minimum absolute atomic E-state index is 0.279. The number of nitrogens with one attached hydrogen (secondary N) is 1. The summed E-state index contributed by atoms with van der Waals surface area (Å²) in [5.74, 6) is -3.33. The van der Waals surface area contributed by atoms with Gasteiger partial charge in [-0.05, 0) is 25.1 Å². The van der Waals surface area contributed by atoms with Crippen molar-refractivity contribution in [3.05, 3.63) is 63.2 Å². The molecular weight excluding hydrogens is 600 g/mol. The molecule has 4 rings (SSSR count). The Kier molecular flexibility index (Phi) is 9.03. The predicted molar refractivity (Wildman–Crippen MR) is 149 cm³/mol. The summed E-state index contributed by atoms with van der Waals surface area (Å²) < 4.78 is 34.2. The lowest BCUT2D eigenvalue weighted by molar-refractivity contribution is -0.115. The Labute approximate surface area is 229 Å². The lowest BCUT2D eigenvalue weighted by Crippen LogP contribution is -2.28. The second kappa shape index (κ2) is 12.2. The van der Waals surface area contributed by atoms with Crippen LogP contribution in [0.15, 0.2) is 63.4 Å². The second-order valence-electron chi connectivity index (χ2n) is 7.84. The summed E-state index contributed by atoms with van der Waals surface area (Å²) in [6.45, 7) is 3.31. The Balaban J connectivity index is 1.44. The fourth-order valence-electron chi connectivity index (χ4n) is 3.45. The number of halogens is 1. The number of carbonyl (C=O) groups is 2. The molecule has 13 heteroatoms. The molecular formula is C24H23BrN4O5S3. The molecule has 0 bridgehead atoms. The molecule has 0 spiro atoms. The summed E-state index contributed by atoms with van der Waals surface area (Å²) in [5.41, 5.74) is 2.41. The van der Waals surface area contributed by atoms with Gasteiger partial charge in [0.25, 0.3) is 5.91 Å². The summed E-state index contributed by atoms with van der Waals surface area (Å²) >= 11 is 5.90. The van der Waals surface area contributed by atoms with Crippen LogP contribution >= 0.6 is 38.6 Å². The van der Waals surface area contributed by atoms with Gasteiger partial charge in [-0.2, -0.15) is 4.99 Å². The Morgan fingerprint density at radius 2 is 1.95 bits per heavy atom. The van der Waals surface area contributed by atoms with Crippen LogP contribution in [0.1, 0.15) is 6.92 Å². The van der Waals surface area contributed by atoms with E-state index in [1.165, 1.54) is 22.7 Å². The first kappa shape index (κ1) is 27.3. The largest absolute Gasteiger partial charge is 0.380 e. The summed E-state index contributed by atoms with van der Waals surface area (Å²) in [4.78, 5) is 33.8. The lowest BCUT2D eigenvalue weighted by atomic mass is 10.2. The van der Waals surface area contributed by atoms with Gasteiger partial charge in [0.15, 0.2) is 19.8 Å². The molecule has 194 valence electrons. The molecule has 2 heterocycles. The number of ether oxygens (including phenoxy) is 1. The normalized spacial score (nSPS) is 12.2. The molecule has 0 fully saturated rings. The van der Waals surface area contributed by atoms with Crippen molar-refractivity contribution in [2.45, 2.75) is 13.5 Å². The average Bonchev–Trinajstić information content (AvgIpc) is 3.43. The van der Waals surface area contributed by atoms with Crippen LogP contribution in [0.25, 0.3) is 21.5 Å². The van der Waals surface area contributed by atoms with Gasteiger partial charge in [0.1, 0.15) is 11.5 Å². The highest BCUT2D eigenvalue weighted by Gasteiger charge is 2.22. The van der Waals surface area contributed by atoms with Crippen LogP contribution in [-0.4, -0.2) is 54.5 Å². The van der Waals surface area contributed by atoms with Gasteiger partial charge >= 0.3 is 0 Å². The standard InChI is InChI=1S/C24H23BrN4O5S3/c1-2-34-11-10-29-19-9-8-17(25)12-20(19)36-24(29)28-22(31)15-37(32,33)14-21(30)27-23-26-18(13-35-23)16-6-4-3-5-7-16/h3-9,12-13H,2,10-11,14-15H2,1H3,(H,26,27,30). The van der Waals surface area contributed by atoms with Gasteiger partial charge in [0.05, 0.1) is 22.5 Å². The second-order valence-corrected chi connectivity index (χ2v) is 12.7. The van der Waals surface area contributed by atoms with Gasteiger partial charge in [0.2, 0.25) is 5.91 Å². The van der Waals surface area contributed by atoms with Crippen LogP contribution in [0, 0.1) is 0 Å². The monoisotopic (exact) mass is 622 g/mol. The molecule has 0 aliphatic carbocycles. The minimum atomic E-state index is -4.05. The number of benzene rings is 2. The van der Waals surface area contributed by atoms with Gasteiger partial charge in [-0.15, -0.1) is 11.3 Å². The molecule has 1 N–H and O–H groups in total. The minimum Gasteiger partial charge on any atom is -0.380 e. The van der Waals surface area contributed by atoms with E-state index < -0.39 is 33.2 Å². The van der Waals surface area contributed by atoms with Gasteiger partial charge in [0, 0.05) is 28.6 Å². The van der Waals surface area contributed by atoms with E-state index in [1.54, 1.807) is 5.38 Å². The van der Waals surface area contributed by atoms with Gasteiger partial charge in [-0.1, -0.05) is 57.6 Å². The van der Waals surface area contributed by atoms with Crippen molar-refractivity contribution in [2.24, 2.45) is 4.99 Å². The zero-order chi connectivity index (χ0) is 26.4. The summed E-state index contributed by atoms with van der Waals surface area (Å²) in [6.07, 6.45) is 0. The number of thiazole rings is 2. The van der Waals surface area contributed by atoms with Crippen LogP contribution in [0.2, 0.25) is 0 Å². The highest BCUT2D eigenvalue weighted by Crippen LogP contribution is 2.25. The topological polar surface area (TPSA) is 120 Å². The van der Waals surface area contributed by atoms with Gasteiger partial charge in [-0.25, -0.2) is 13.4 Å². The molecule has 0 aliphatic rings. The molecule has 9 nitrogen and oxygen atoms in total. The molecule has 4 aromatic rings. The zero-order valence-electron chi connectivity index (χ0n) is 19.7. The molecule has 37 heavy (non-hydrogen) atoms. The maximum atomic E-state index is 12.6. The number of sulfone groups is 1. The first-order chi connectivity index (χ1) is 17.7. The summed E-state index contributed by atoms with van der Waals surface area (Å²) in [7, 11) is -4.05. The SMILES string of the molecule is CCOCCn1c(=NC(=O)CS(=O)(=O)CC(=O)Nc2nc(-c3ccccc3)cs2)sc2cc(Br)ccc21. The van der Waals surface area contributed by atoms with Crippen molar-refractivity contribution < 1.29 is 22.7 Å². The van der Waals surface area contributed by atoms with Crippen molar-refractivity contribution in [1.82, 2.24) is 9.55 Å². The van der Waals surface area contributed by atoms with Gasteiger partial charge in [-0.3, -0.25) is 9.59 Å². The third-order valence-electron chi connectivity index (χ3n) is 5.04. The number of hydrogen-bond acceptors (Lipinski definition) is 8. The van der Waals surface area contributed by atoms with Crippen molar-refractivity contribution in [2.75, 3.05) is 30.0 Å². The van der Waals surface area contributed by atoms with E-state index in [-0.39, 0.29) is 5.13 Å². The number of anilines is 1. The zero-order valence-corrected chi connectivity index (χ0v) is 23.8. The Morgan fingerprint density at radius 1 is 1.16 bits per heavy atom. The number of carbonyl (C=O) groups excluding carboxylic acids is 2. The third kappa shape index (κ3) is 7.42. The third-order valence-corrected chi connectivity index (χ3v) is 8.72.